The molecular formula is C20H18ClN3O3S. The Morgan fingerprint density at radius 2 is 2.00 bits per heavy atom. The minimum Gasteiger partial charge on any atom is -0.492 e. The summed E-state index contributed by atoms with van der Waals surface area (Å²) in [5.41, 5.74) is 1.87. The first-order chi connectivity index (χ1) is 13.4. The van der Waals surface area contributed by atoms with Crippen LogP contribution in [0, 0.1) is 0 Å². The fourth-order valence-corrected chi connectivity index (χ4v) is 4.25. The number of carbonyl (C=O) groups is 2. The molecule has 1 aliphatic rings. The van der Waals surface area contributed by atoms with Gasteiger partial charge in [-0.2, -0.15) is 5.10 Å². The van der Waals surface area contributed by atoms with Gasteiger partial charge in [-0.3, -0.25) is 19.6 Å². The summed E-state index contributed by atoms with van der Waals surface area (Å²) in [6.07, 6.45) is 2.43. The second kappa shape index (κ2) is 7.48. The zero-order valence-electron chi connectivity index (χ0n) is 15.1. The van der Waals surface area contributed by atoms with Crippen LogP contribution >= 0.6 is 23.4 Å². The quantitative estimate of drug-likeness (QED) is 0.657. The summed E-state index contributed by atoms with van der Waals surface area (Å²) in [7, 11) is 0. The molecule has 28 heavy (non-hydrogen) atoms. The summed E-state index contributed by atoms with van der Waals surface area (Å²) in [5.74, 6) is 0.504. The van der Waals surface area contributed by atoms with E-state index in [4.69, 9.17) is 16.3 Å². The van der Waals surface area contributed by atoms with Crippen LogP contribution < -0.4 is 10.1 Å². The van der Waals surface area contributed by atoms with Crippen molar-refractivity contribution < 1.29 is 14.3 Å². The molecule has 1 fully saturated rings. The van der Waals surface area contributed by atoms with E-state index in [9.17, 15) is 9.59 Å². The van der Waals surface area contributed by atoms with Crippen LogP contribution in [0.3, 0.4) is 0 Å². The van der Waals surface area contributed by atoms with Gasteiger partial charge in [-0.1, -0.05) is 23.7 Å². The van der Waals surface area contributed by atoms with Crippen LogP contribution in [0.15, 0.2) is 48.7 Å². The second-order valence-corrected chi connectivity index (χ2v) is 8.75. The smallest absolute Gasteiger partial charge is 0.286 e. The first-order valence-electron chi connectivity index (χ1n) is 8.80. The van der Waals surface area contributed by atoms with E-state index in [0.717, 1.165) is 34.0 Å². The van der Waals surface area contributed by atoms with Gasteiger partial charge in [0, 0.05) is 16.6 Å². The highest BCUT2D eigenvalue weighted by Crippen LogP contribution is 2.34. The van der Waals surface area contributed by atoms with Crippen LogP contribution in [0.1, 0.15) is 12.5 Å². The lowest BCUT2D eigenvalue weighted by molar-refractivity contribution is -0.121. The van der Waals surface area contributed by atoms with Crippen LogP contribution in [-0.2, 0) is 17.8 Å². The van der Waals surface area contributed by atoms with Gasteiger partial charge in [-0.15, -0.1) is 0 Å². The van der Waals surface area contributed by atoms with Crippen molar-refractivity contribution in [1.82, 2.24) is 15.1 Å². The van der Waals surface area contributed by atoms with Gasteiger partial charge in [-0.25, -0.2) is 0 Å². The van der Waals surface area contributed by atoms with Gasteiger partial charge >= 0.3 is 0 Å². The van der Waals surface area contributed by atoms with Crippen molar-refractivity contribution in [2.45, 2.75) is 24.6 Å². The number of imide groups is 1. The summed E-state index contributed by atoms with van der Waals surface area (Å²) >= 11 is 7.04. The van der Waals surface area contributed by atoms with E-state index < -0.39 is 4.75 Å². The van der Waals surface area contributed by atoms with E-state index in [2.05, 4.69) is 10.4 Å². The predicted molar refractivity (Wildman–Crippen MR) is 110 cm³/mol. The van der Waals surface area contributed by atoms with E-state index in [1.165, 1.54) is 0 Å². The van der Waals surface area contributed by atoms with Crippen molar-refractivity contribution in [3.05, 3.63) is 59.2 Å². The fourth-order valence-electron chi connectivity index (χ4n) is 3.13. The largest absolute Gasteiger partial charge is 0.492 e. The van der Waals surface area contributed by atoms with Crippen molar-refractivity contribution in [2.75, 3.05) is 6.61 Å². The van der Waals surface area contributed by atoms with Crippen LogP contribution in [0.4, 0.5) is 4.79 Å². The molecule has 1 aliphatic heterocycles. The number of amides is 2. The Balaban J connectivity index is 1.33. The van der Waals surface area contributed by atoms with Gasteiger partial charge in [0.1, 0.15) is 17.1 Å². The number of thioether (sulfide) groups is 1. The Kier molecular flexibility index (Phi) is 5.03. The minimum atomic E-state index is -0.759. The maximum absolute atomic E-state index is 11.9. The Morgan fingerprint density at radius 3 is 2.71 bits per heavy atom. The number of aromatic nitrogens is 2. The number of benzene rings is 2. The van der Waals surface area contributed by atoms with Gasteiger partial charge in [0.2, 0.25) is 5.91 Å². The third-order valence-electron chi connectivity index (χ3n) is 4.58. The van der Waals surface area contributed by atoms with Gasteiger partial charge < -0.3 is 4.74 Å². The van der Waals surface area contributed by atoms with E-state index in [1.807, 2.05) is 53.3 Å². The Labute approximate surface area is 171 Å². The first kappa shape index (κ1) is 18.8. The number of hydrogen-bond acceptors (Lipinski definition) is 5. The number of halogens is 1. The van der Waals surface area contributed by atoms with Crippen LogP contribution in [0.25, 0.3) is 10.9 Å². The molecule has 6 nitrogen and oxygen atoms in total. The van der Waals surface area contributed by atoms with Crippen molar-refractivity contribution in [2.24, 2.45) is 0 Å². The van der Waals surface area contributed by atoms with E-state index in [0.29, 0.717) is 24.6 Å². The second-order valence-electron chi connectivity index (χ2n) is 6.84. The summed E-state index contributed by atoms with van der Waals surface area (Å²) < 4.78 is 6.87. The molecule has 0 aliphatic carbocycles. The van der Waals surface area contributed by atoms with Gasteiger partial charge in [0.15, 0.2) is 0 Å². The van der Waals surface area contributed by atoms with Crippen molar-refractivity contribution >= 4 is 45.4 Å². The molecule has 1 atom stereocenters. The fraction of sp³-hybridized carbons (Fsp3) is 0.250. The number of fused-ring (bicyclic) bond motifs is 1. The molecule has 0 spiro atoms. The molecule has 8 heteroatoms. The highest BCUT2D eigenvalue weighted by atomic mass is 35.5. The molecule has 1 saturated heterocycles. The van der Waals surface area contributed by atoms with E-state index >= 15 is 0 Å². The summed E-state index contributed by atoms with van der Waals surface area (Å²) in [6, 6.07) is 13.2. The molecule has 0 saturated carbocycles. The lowest BCUT2D eigenvalue weighted by Crippen LogP contribution is -2.35. The Morgan fingerprint density at radius 1 is 1.21 bits per heavy atom. The van der Waals surface area contributed by atoms with Gasteiger partial charge in [0.25, 0.3) is 5.24 Å². The molecule has 1 unspecified atom stereocenters. The normalized spacial score (nSPS) is 19.2. The first-order valence-corrected chi connectivity index (χ1v) is 10.00. The SMILES string of the molecule is CC1(Cc2ccc(OCCn3cc4cc(Cl)ccc4n3)cc2)SC(=O)NC1=O. The average Bonchev–Trinajstić information content (AvgIpc) is 3.15. The number of nitrogens with one attached hydrogen (secondary N) is 1. The van der Waals surface area contributed by atoms with Gasteiger partial charge in [-0.05, 0) is 61.0 Å². The number of carbonyl (C=O) groups excluding carboxylic acids is 2. The minimum absolute atomic E-state index is 0.240. The molecule has 2 heterocycles. The number of rotatable bonds is 6. The molecule has 3 aromatic rings. The maximum atomic E-state index is 11.9. The highest BCUT2D eigenvalue weighted by molar-refractivity contribution is 8.16. The van der Waals surface area contributed by atoms with E-state index in [-0.39, 0.29) is 11.1 Å². The topological polar surface area (TPSA) is 73.2 Å². The molecule has 0 radical (unpaired) electrons. The predicted octanol–water partition coefficient (Wildman–Crippen LogP) is 4.05. The van der Waals surface area contributed by atoms with Crippen LogP contribution in [0.5, 0.6) is 5.75 Å². The lowest BCUT2D eigenvalue weighted by Gasteiger charge is -2.18. The Bertz CT molecular complexity index is 1050. The van der Waals surface area contributed by atoms with Crippen molar-refractivity contribution in [3.63, 3.8) is 0 Å². The molecular weight excluding hydrogens is 398 g/mol. The summed E-state index contributed by atoms with van der Waals surface area (Å²) in [6.45, 7) is 2.88. The summed E-state index contributed by atoms with van der Waals surface area (Å²) in [4.78, 5) is 23.4. The Hall–Kier alpha value is -2.51. The summed E-state index contributed by atoms with van der Waals surface area (Å²) in [5, 5.41) is 8.22. The van der Waals surface area contributed by atoms with Crippen molar-refractivity contribution in [1.29, 1.82) is 0 Å². The monoisotopic (exact) mass is 415 g/mol. The lowest BCUT2D eigenvalue weighted by atomic mass is 9.99. The standard InChI is InChI=1S/C20H18ClN3O3S/c1-20(18(25)22-19(26)28-20)11-13-2-5-16(6-3-13)27-9-8-24-12-14-10-15(21)4-7-17(14)23-24/h2-7,10,12H,8-9,11H2,1H3,(H,22,25,26). The van der Waals surface area contributed by atoms with Crippen LogP contribution in [-0.4, -0.2) is 32.3 Å². The van der Waals surface area contributed by atoms with Crippen molar-refractivity contribution in [3.8, 4) is 5.75 Å². The third kappa shape index (κ3) is 4.00. The molecule has 1 aromatic heterocycles. The zero-order chi connectivity index (χ0) is 19.7. The molecule has 1 N–H and O–H groups in total. The highest BCUT2D eigenvalue weighted by Gasteiger charge is 2.43. The molecule has 144 valence electrons. The molecule has 0 bridgehead atoms. The van der Waals surface area contributed by atoms with E-state index in [1.54, 1.807) is 6.92 Å². The zero-order valence-corrected chi connectivity index (χ0v) is 16.7. The number of hydrogen-bond donors (Lipinski definition) is 1. The van der Waals surface area contributed by atoms with Gasteiger partial charge in [0.05, 0.1) is 12.1 Å². The number of ether oxygens (including phenoxy) is 1. The molecule has 2 amide bonds. The molecule has 4 rings (SSSR count). The third-order valence-corrected chi connectivity index (χ3v) is 5.88. The molecule has 2 aromatic carbocycles. The van der Waals surface area contributed by atoms with Crippen LogP contribution in [0.2, 0.25) is 5.02 Å². The number of nitrogens with zero attached hydrogens (tertiary/aromatic N) is 2. The maximum Gasteiger partial charge on any atom is 0.286 e. The average molecular weight is 416 g/mol.